The minimum atomic E-state index is 0. The molecule has 0 aliphatic rings. The summed E-state index contributed by atoms with van der Waals surface area (Å²) in [5.74, 6) is 0. The molecule has 0 fully saturated rings. The van der Waals surface area contributed by atoms with Crippen LogP contribution in [0.1, 0.15) is 44.5 Å². The van der Waals surface area contributed by atoms with Crippen LogP contribution in [0, 0.1) is 55.4 Å². The van der Waals surface area contributed by atoms with E-state index < -0.39 is 0 Å². The first-order valence-corrected chi connectivity index (χ1v) is 14.8. The van der Waals surface area contributed by atoms with Gasteiger partial charge < -0.3 is 59.5 Å². The molecule has 0 spiro atoms. The number of hydrogen-bond donors (Lipinski definition) is 0. The summed E-state index contributed by atoms with van der Waals surface area (Å²) < 4.78 is 0.903. The molecule has 4 rings (SSSR count). The predicted octanol–water partition coefficient (Wildman–Crippen LogP) is 9.40. The molecule has 0 aromatic heterocycles. The van der Waals surface area contributed by atoms with E-state index >= 15 is 0 Å². The van der Waals surface area contributed by atoms with Crippen molar-refractivity contribution in [3.63, 3.8) is 0 Å². The molecule has 4 aromatic rings. The fraction of sp³-hybridized carbons (Fsp3) is 0.235. The summed E-state index contributed by atoms with van der Waals surface area (Å²) in [5.41, 5.74) is 14.1. The molecule has 208 valence electrons. The second-order valence-electron chi connectivity index (χ2n) is 10.1. The number of benzene rings is 4. The Morgan fingerprint density at radius 1 is 0.439 bits per heavy atom. The van der Waals surface area contributed by atoms with Gasteiger partial charge in [-0.3, -0.25) is 0 Å². The van der Waals surface area contributed by atoms with Crippen molar-refractivity contribution in [1.82, 2.24) is 0 Å². The molecule has 0 amide bonds. The summed E-state index contributed by atoms with van der Waals surface area (Å²) in [6, 6.07) is 24.9. The van der Waals surface area contributed by atoms with Crippen LogP contribution < -0.4 is 9.80 Å². The molecule has 0 bridgehead atoms. The predicted molar refractivity (Wildman–Crippen MR) is 194 cm³/mol. The van der Waals surface area contributed by atoms with Crippen LogP contribution in [0.4, 0.5) is 22.7 Å². The van der Waals surface area contributed by atoms with E-state index in [0.717, 1.165) is 22.7 Å². The van der Waals surface area contributed by atoms with Crippen LogP contribution in [-0.4, -0.2) is 31.7 Å². The molecule has 2 nitrogen and oxygen atoms in total. The first kappa shape index (κ1) is 35.1. The van der Waals surface area contributed by atoms with Crippen LogP contribution in [0.3, 0.4) is 0 Å². The van der Waals surface area contributed by atoms with E-state index in [1.54, 1.807) is 0 Å². The third-order valence-electron chi connectivity index (χ3n) is 7.63. The van der Waals surface area contributed by atoms with E-state index in [-0.39, 0.29) is 23.1 Å². The summed E-state index contributed by atoms with van der Waals surface area (Å²) >= 11 is 21.3. The zero-order chi connectivity index (χ0) is 29.7. The van der Waals surface area contributed by atoms with Crippen LogP contribution in [0.15, 0.2) is 72.8 Å². The average Bonchev–Trinajstić information content (AvgIpc) is 2.89. The van der Waals surface area contributed by atoms with E-state index in [2.05, 4.69) is 104 Å². The van der Waals surface area contributed by atoms with Gasteiger partial charge in [0.05, 0.1) is 0 Å². The molecule has 4 aromatic carbocycles. The Hall–Kier alpha value is -2.13. The maximum atomic E-state index is 5.33. The Morgan fingerprint density at radius 2 is 0.634 bits per heavy atom. The van der Waals surface area contributed by atoms with Gasteiger partial charge in [0, 0.05) is 22.7 Å². The van der Waals surface area contributed by atoms with E-state index in [1.807, 2.05) is 34.1 Å². The molecular weight excluding hydrogens is 589 g/mol. The molecule has 0 unspecified atom stereocenters. The average molecular weight is 625 g/mol. The summed E-state index contributed by atoms with van der Waals surface area (Å²) in [7, 11) is 0. The maximum absolute atomic E-state index is 5.33. The van der Waals surface area contributed by atoms with Crippen molar-refractivity contribution in [2.24, 2.45) is 0 Å². The van der Waals surface area contributed by atoms with E-state index in [0.29, 0.717) is 8.64 Å². The SMILES string of the molecule is Cc1cccc(N(C(=S)[S-])c2cccc(C)c2C)c1C.Cc1cccc(N(C(=S)[S-])c2cccc(C)c2C)c1C.[Mg+2]. The molecule has 41 heavy (non-hydrogen) atoms. The van der Waals surface area contributed by atoms with Gasteiger partial charge in [0.1, 0.15) is 0 Å². The van der Waals surface area contributed by atoms with E-state index in [1.165, 1.54) is 44.5 Å². The van der Waals surface area contributed by atoms with Crippen LogP contribution in [0.25, 0.3) is 0 Å². The van der Waals surface area contributed by atoms with Gasteiger partial charge in [0.25, 0.3) is 0 Å². The van der Waals surface area contributed by atoms with Gasteiger partial charge in [-0.1, -0.05) is 57.2 Å². The molecule has 0 saturated carbocycles. The smallest absolute Gasteiger partial charge is 0.411 e. The molecule has 0 radical (unpaired) electrons. The molecule has 0 aliphatic carbocycles. The van der Waals surface area contributed by atoms with Crippen molar-refractivity contribution in [3.8, 4) is 0 Å². The van der Waals surface area contributed by atoms with Crippen molar-refractivity contribution < 1.29 is 0 Å². The van der Waals surface area contributed by atoms with Crippen molar-refractivity contribution >= 4 is 104 Å². The molecule has 0 N–H and O–H groups in total. The van der Waals surface area contributed by atoms with Gasteiger partial charge in [-0.15, -0.1) is 0 Å². The number of anilines is 4. The van der Waals surface area contributed by atoms with Gasteiger partial charge >= 0.3 is 23.1 Å². The minimum absolute atomic E-state index is 0. The summed E-state index contributed by atoms with van der Waals surface area (Å²) in [6.07, 6.45) is 0. The standard InChI is InChI=1S/2C17H19NS2.Mg/c2*1-11-7-5-9-15(13(11)3)18(17(19)20)16-10-6-8-12(2)14(16)4;/h2*5-10H,1-4H3,(H,19,20);/q;;+2/p-2. The largest absolute Gasteiger partial charge is 2.00 e. The quantitative estimate of drug-likeness (QED) is 0.126. The molecule has 0 atom stereocenters. The van der Waals surface area contributed by atoms with Gasteiger partial charge in [0.2, 0.25) is 0 Å². The number of aryl methyl sites for hydroxylation is 4. The Bertz CT molecular complexity index is 1340. The van der Waals surface area contributed by atoms with Crippen LogP contribution in [-0.2, 0) is 25.3 Å². The Labute approximate surface area is 284 Å². The van der Waals surface area contributed by atoms with Crippen LogP contribution in [0.5, 0.6) is 0 Å². The second-order valence-corrected chi connectivity index (χ2v) is 12.1. The number of nitrogens with zero attached hydrogens (tertiary/aromatic N) is 2. The van der Waals surface area contributed by atoms with Crippen molar-refractivity contribution in [2.75, 3.05) is 9.80 Å². The molecular formula is C34H36MgN2S4. The van der Waals surface area contributed by atoms with Crippen molar-refractivity contribution in [3.05, 3.63) is 117 Å². The van der Waals surface area contributed by atoms with E-state index in [9.17, 15) is 0 Å². The zero-order valence-electron chi connectivity index (χ0n) is 25.2. The van der Waals surface area contributed by atoms with Crippen LogP contribution in [0.2, 0.25) is 0 Å². The van der Waals surface area contributed by atoms with Crippen LogP contribution >= 0.6 is 24.4 Å². The number of rotatable bonds is 4. The first-order chi connectivity index (χ1) is 18.9. The monoisotopic (exact) mass is 624 g/mol. The number of hydrogen-bond acceptors (Lipinski definition) is 4. The minimum Gasteiger partial charge on any atom is -0.411 e. The topological polar surface area (TPSA) is 6.48 Å². The van der Waals surface area contributed by atoms with Crippen molar-refractivity contribution in [2.45, 2.75) is 55.4 Å². The van der Waals surface area contributed by atoms with Gasteiger partial charge in [-0.05, 0) is 124 Å². The fourth-order valence-corrected chi connectivity index (χ4v) is 5.35. The second kappa shape index (κ2) is 15.4. The Morgan fingerprint density at radius 3 is 0.805 bits per heavy atom. The van der Waals surface area contributed by atoms with Crippen molar-refractivity contribution in [1.29, 1.82) is 0 Å². The molecule has 0 aliphatic heterocycles. The van der Waals surface area contributed by atoms with E-state index in [4.69, 9.17) is 49.7 Å². The summed E-state index contributed by atoms with van der Waals surface area (Å²) in [6.45, 7) is 16.8. The van der Waals surface area contributed by atoms with Gasteiger partial charge in [-0.2, -0.15) is 0 Å². The summed E-state index contributed by atoms with van der Waals surface area (Å²) in [4.78, 5) is 3.99. The molecule has 0 saturated heterocycles. The normalized spacial score (nSPS) is 10.1. The Kier molecular flexibility index (Phi) is 13.1. The Balaban J connectivity index is 0.000000280. The fourth-order valence-electron chi connectivity index (χ4n) is 4.56. The third kappa shape index (κ3) is 8.03. The number of thiocarbonyl (C=S) groups is 2. The van der Waals surface area contributed by atoms with Gasteiger partial charge in [-0.25, -0.2) is 0 Å². The first-order valence-electron chi connectivity index (χ1n) is 13.1. The molecule has 7 heteroatoms. The maximum Gasteiger partial charge on any atom is 2.00 e. The third-order valence-corrected chi connectivity index (χ3v) is 8.36. The zero-order valence-corrected chi connectivity index (χ0v) is 29.8. The molecule has 0 heterocycles. The summed E-state index contributed by atoms with van der Waals surface area (Å²) in [5, 5.41) is 0. The van der Waals surface area contributed by atoms with Gasteiger partial charge in [0.15, 0.2) is 0 Å².